The molecule has 0 bridgehead atoms. The average Bonchev–Trinajstić information content (AvgIpc) is 2.67. The van der Waals surface area contributed by atoms with Crippen molar-refractivity contribution in [3.05, 3.63) is 52.3 Å². The van der Waals surface area contributed by atoms with Crippen LogP contribution in [0.2, 0.25) is 0 Å². The number of methoxy groups -OCH3 is 3. The number of nitrogens with one attached hydrogen (secondary N) is 2. The van der Waals surface area contributed by atoms with E-state index in [1.807, 2.05) is 12.1 Å². The number of ether oxygens (including phenoxy) is 3. The Morgan fingerprint density at radius 2 is 1.74 bits per heavy atom. The van der Waals surface area contributed by atoms with E-state index in [4.69, 9.17) is 14.2 Å². The maximum Gasteiger partial charge on any atom is 0.293 e. The first-order valence-corrected chi connectivity index (χ1v) is 7.74. The lowest BCUT2D eigenvalue weighted by atomic mass is 10.2. The highest BCUT2D eigenvalue weighted by Crippen LogP contribution is 2.37. The molecule has 0 unspecified atom stereocenters. The molecule has 0 atom stereocenters. The summed E-state index contributed by atoms with van der Waals surface area (Å²) in [6, 6.07) is 10.7. The summed E-state index contributed by atoms with van der Waals surface area (Å²) in [6.45, 7) is 0. The summed E-state index contributed by atoms with van der Waals surface area (Å²) in [5.41, 5.74) is 4.33. The number of hydrogen-bond acceptors (Lipinski definition) is 7. The van der Waals surface area contributed by atoms with Crippen molar-refractivity contribution in [3.8, 4) is 17.2 Å². The second-order valence-electron chi connectivity index (χ2n) is 5.26. The first-order valence-electron chi connectivity index (χ1n) is 7.74. The molecule has 0 spiro atoms. The van der Waals surface area contributed by atoms with Crippen molar-refractivity contribution in [1.29, 1.82) is 0 Å². The van der Waals surface area contributed by atoms with Gasteiger partial charge >= 0.3 is 0 Å². The van der Waals surface area contributed by atoms with Crippen LogP contribution in [-0.2, 0) is 0 Å². The highest BCUT2D eigenvalue weighted by molar-refractivity contribution is 5.83. The number of hydrogen-bond donors (Lipinski definition) is 2. The first-order chi connectivity index (χ1) is 12.7. The van der Waals surface area contributed by atoms with Crippen molar-refractivity contribution in [2.45, 2.75) is 0 Å². The summed E-state index contributed by atoms with van der Waals surface area (Å²) in [6.07, 6.45) is 1.53. The topological polar surface area (TPSA) is 97.8 Å². The van der Waals surface area contributed by atoms with Gasteiger partial charge in [-0.15, -0.1) is 0 Å². The van der Waals surface area contributed by atoms with Crippen LogP contribution < -0.4 is 37.6 Å². The van der Waals surface area contributed by atoms with Crippen molar-refractivity contribution in [3.63, 3.8) is 0 Å². The fourth-order valence-corrected chi connectivity index (χ4v) is 2.45. The van der Waals surface area contributed by atoms with Crippen LogP contribution in [-0.4, -0.2) is 37.5 Å². The smallest absolute Gasteiger partial charge is 0.293 e. The van der Waals surface area contributed by atoms with Crippen LogP contribution in [0.4, 0.5) is 5.82 Å². The van der Waals surface area contributed by atoms with Crippen molar-refractivity contribution < 1.29 is 26.6 Å². The molecular weight excluding hydrogens is 372 g/mol. The summed E-state index contributed by atoms with van der Waals surface area (Å²) in [5.74, 6) is 1.62. The van der Waals surface area contributed by atoms with Gasteiger partial charge in [-0.05, 0) is 24.3 Å². The zero-order valence-electron chi connectivity index (χ0n) is 14.9. The number of nitrogens with zero attached hydrogens (tertiary/aromatic N) is 2. The van der Waals surface area contributed by atoms with Crippen molar-refractivity contribution in [2.24, 2.45) is 5.10 Å². The average molecular weight is 390 g/mol. The van der Waals surface area contributed by atoms with Gasteiger partial charge in [0.1, 0.15) is 0 Å². The van der Waals surface area contributed by atoms with Gasteiger partial charge in [-0.1, -0.05) is 12.1 Å². The second kappa shape index (κ2) is 8.91. The molecule has 3 aromatic rings. The molecule has 1 aromatic heterocycles. The molecule has 0 saturated carbocycles. The maximum absolute atomic E-state index is 12.0. The van der Waals surface area contributed by atoms with Crippen LogP contribution in [0.25, 0.3) is 11.0 Å². The maximum atomic E-state index is 12.0. The van der Waals surface area contributed by atoms with Crippen molar-refractivity contribution in [1.82, 2.24) is 9.97 Å². The van der Waals surface area contributed by atoms with Crippen molar-refractivity contribution >= 4 is 23.1 Å². The van der Waals surface area contributed by atoms with Crippen molar-refractivity contribution in [2.75, 3.05) is 26.8 Å². The minimum absolute atomic E-state index is 0. The molecule has 0 amide bonds. The number of H-pyrrole nitrogens is 1. The molecule has 0 aliphatic carbocycles. The fraction of sp³-hybridized carbons (Fsp3) is 0.167. The van der Waals surface area contributed by atoms with Crippen LogP contribution in [0.5, 0.6) is 17.2 Å². The standard InChI is InChI=1S/C18H18N4O4.ClH/c1-24-14-8-11(9-15(25-2)16(14)26-3)10-19-22-17-18(23)21-13-7-5-4-6-12(13)20-17;/h4-10H,1-3H3,(H,20,22)(H,21,23);1H/p-1/b19-10+;. The molecule has 0 fully saturated rings. The van der Waals surface area contributed by atoms with E-state index < -0.39 is 0 Å². The third-order valence-electron chi connectivity index (χ3n) is 3.67. The zero-order chi connectivity index (χ0) is 18.5. The second-order valence-corrected chi connectivity index (χ2v) is 5.26. The largest absolute Gasteiger partial charge is 1.00 e. The molecular formula is C18H18ClN4O4-. The SMILES string of the molecule is COc1cc(/C=N/Nc2nc3ccccc3[nH]c2=O)cc(OC)c1OC.[Cl-]. The molecule has 1 heterocycles. The van der Waals surface area contributed by atoms with Crippen LogP contribution in [0.1, 0.15) is 5.56 Å². The summed E-state index contributed by atoms with van der Waals surface area (Å²) in [7, 11) is 4.61. The monoisotopic (exact) mass is 389 g/mol. The van der Waals surface area contributed by atoms with Gasteiger partial charge in [0.05, 0.1) is 38.6 Å². The highest BCUT2D eigenvalue weighted by atomic mass is 35.5. The Morgan fingerprint density at radius 3 is 2.37 bits per heavy atom. The molecule has 0 aliphatic rings. The molecule has 2 aromatic carbocycles. The Labute approximate surface area is 161 Å². The van der Waals surface area contributed by atoms with Gasteiger partial charge in [0.2, 0.25) is 11.6 Å². The quantitative estimate of drug-likeness (QED) is 0.431. The number of fused-ring (bicyclic) bond motifs is 1. The molecule has 2 N–H and O–H groups in total. The fourth-order valence-electron chi connectivity index (χ4n) is 2.45. The number of aromatic nitrogens is 2. The van der Waals surface area contributed by atoms with E-state index in [2.05, 4.69) is 20.5 Å². The van der Waals surface area contributed by atoms with E-state index in [1.165, 1.54) is 27.5 Å². The van der Waals surface area contributed by atoms with Crippen LogP contribution >= 0.6 is 0 Å². The molecule has 142 valence electrons. The summed E-state index contributed by atoms with van der Waals surface area (Å²) >= 11 is 0. The van der Waals surface area contributed by atoms with E-state index in [-0.39, 0.29) is 23.8 Å². The predicted octanol–water partition coefficient (Wildman–Crippen LogP) is -0.601. The van der Waals surface area contributed by atoms with E-state index in [1.54, 1.807) is 24.3 Å². The third-order valence-corrected chi connectivity index (χ3v) is 3.67. The summed E-state index contributed by atoms with van der Waals surface area (Å²) < 4.78 is 15.9. The van der Waals surface area contributed by atoms with Crippen LogP contribution in [0, 0.1) is 0 Å². The molecule has 0 saturated heterocycles. The van der Waals surface area contributed by atoms with Gasteiger partial charge in [0, 0.05) is 5.56 Å². The molecule has 8 nitrogen and oxygen atoms in total. The summed E-state index contributed by atoms with van der Waals surface area (Å²) in [5, 5.41) is 4.08. The number of rotatable bonds is 6. The Bertz CT molecular complexity index is 995. The number of halogens is 1. The number of benzene rings is 2. The van der Waals surface area contributed by atoms with Gasteiger partial charge in [-0.25, -0.2) is 4.98 Å². The third kappa shape index (κ3) is 4.29. The Morgan fingerprint density at radius 1 is 1.07 bits per heavy atom. The van der Waals surface area contributed by atoms with Crippen LogP contribution in [0.15, 0.2) is 46.3 Å². The van der Waals surface area contributed by atoms with Gasteiger partial charge in [-0.2, -0.15) is 5.10 Å². The molecule has 0 radical (unpaired) electrons. The normalized spacial score (nSPS) is 10.5. The zero-order valence-corrected chi connectivity index (χ0v) is 15.7. The Kier molecular flexibility index (Phi) is 6.62. The van der Waals surface area contributed by atoms with Gasteiger partial charge in [0.25, 0.3) is 5.56 Å². The number of anilines is 1. The molecule has 27 heavy (non-hydrogen) atoms. The number of aromatic amines is 1. The van der Waals surface area contributed by atoms with E-state index in [9.17, 15) is 4.79 Å². The van der Waals surface area contributed by atoms with Gasteiger partial charge in [0.15, 0.2) is 11.5 Å². The van der Waals surface area contributed by atoms with E-state index in [0.717, 1.165) is 0 Å². The molecule has 0 aliphatic heterocycles. The number of hydrazone groups is 1. The van der Waals surface area contributed by atoms with Gasteiger partial charge in [-0.3, -0.25) is 10.2 Å². The molecule has 9 heteroatoms. The minimum atomic E-state index is -0.356. The lowest BCUT2D eigenvalue weighted by Crippen LogP contribution is -3.00. The van der Waals surface area contributed by atoms with Gasteiger partial charge < -0.3 is 31.6 Å². The predicted molar refractivity (Wildman–Crippen MR) is 99.7 cm³/mol. The first kappa shape index (κ1) is 20.1. The highest BCUT2D eigenvalue weighted by Gasteiger charge is 2.12. The Balaban J connectivity index is 0.00000261. The number of para-hydroxylation sites is 2. The van der Waals surface area contributed by atoms with Crippen LogP contribution in [0.3, 0.4) is 0 Å². The minimum Gasteiger partial charge on any atom is -1.00 e. The molecule has 3 rings (SSSR count). The lowest BCUT2D eigenvalue weighted by Gasteiger charge is -2.12. The summed E-state index contributed by atoms with van der Waals surface area (Å²) in [4.78, 5) is 19.1. The van der Waals surface area contributed by atoms with E-state index >= 15 is 0 Å². The van der Waals surface area contributed by atoms with E-state index in [0.29, 0.717) is 33.8 Å². The lowest BCUT2D eigenvalue weighted by molar-refractivity contribution is -0.00000616. The Hall–Kier alpha value is -3.26.